The van der Waals surface area contributed by atoms with E-state index in [2.05, 4.69) is 0 Å². The summed E-state index contributed by atoms with van der Waals surface area (Å²) in [4.78, 5) is 22.9. The topological polar surface area (TPSA) is 43.4 Å². The van der Waals surface area contributed by atoms with Crippen LogP contribution in [0.1, 0.15) is 19.4 Å². The number of halogens is 1. The number of esters is 1. The molecule has 4 heteroatoms. The quantitative estimate of drug-likeness (QED) is 0.583. The fourth-order valence-electron chi connectivity index (χ4n) is 1.52. The van der Waals surface area contributed by atoms with Crippen molar-refractivity contribution in [1.82, 2.24) is 0 Å². The third kappa shape index (κ3) is 3.66. The van der Waals surface area contributed by atoms with Crippen LogP contribution in [0, 0.1) is 11.7 Å². The van der Waals surface area contributed by atoms with E-state index in [9.17, 15) is 14.0 Å². The van der Waals surface area contributed by atoms with Gasteiger partial charge in [-0.2, -0.15) is 0 Å². The predicted octanol–water partition coefficient (Wildman–Crippen LogP) is 2.14. The lowest BCUT2D eigenvalue weighted by molar-refractivity contribution is -0.151. The maximum Gasteiger partial charge on any atom is 0.316 e. The molecule has 17 heavy (non-hydrogen) atoms. The monoisotopic (exact) mass is 238 g/mol. The maximum atomic E-state index is 13.4. The van der Waals surface area contributed by atoms with Gasteiger partial charge in [0, 0.05) is 0 Å². The lowest BCUT2D eigenvalue weighted by Gasteiger charge is -2.12. The van der Waals surface area contributed by atoms with Crippen molar-refractivity contribution in [1.29, 1.82) is 0 Å². The van der Waals surface area contributed by atoms with Gasteiger partial charge in [0.05, 0.1) is 6.61 Å². The van der Waals surface area contributed by atoms with E-state index < -0.39 is 17.7 Å². The number of hydrogen-bond donors (Lipinski definition) is 0. The molecule has 0 bridgehead atoms. The van der Waals surface area contributed by atoms with E-state index in [0.29, 0.717) is 5.56 Å². The molecule has 1 unspecified atom stereocenters. The Hall–Kier alpha value is -1.71. The standard InChI is InChI=1S/C13H15FO3/c1-3-17-13(16)11(9(2)15)8-10-6-4-5-7-12(10)14/h4-7,11H,3,8H2,1-2H3. The summed E-state index contributed by atoms with van der Waals surface area (Å²) in [6.07, 6.45) is 0.0425. The molecule has 1 rings (SSSR count). The molecule has 0 saturated heterocycles. The molecule has 1 atom stereocenters. The van der Waals surface area contributed by atoms with Crippen molar-refractivity contribution >= 4 is 11.8 Å². The summed E-state index contributed by atoms with van der Waals surface area (Å²) >= 11 is 0. The average Bonchev–Trinajstić information content (AvgIpc) is 2.27. The van der Waals surface area contributed by atoms with Crippen LogP contribution in [-0.2, 0) is 20.7 Å². The normalized spacial score (nSPS) is 11.9. The molecule has 0 fully saturated rings. The number of Topliss-reactive ketones (excluding diaryl/α,β-unsaturated/α-hetero) is 1. The van der Waals surface area contributed by atoms with Gasteiger partial charge in [0.2, 0.25) is 0 Å². The Kier molecular flexibility index (Phi) is 4.82. The van der Waals surface area contributed by atoms with Gasteiger partial charge in [-0.3, -0.25) is 9.59 Å². The molecule has 1 aromatic carbocycles. The van der Waals surface area contributed by atoms with Crippen molar-refractivity contribution in [3.8, 4) is 0 Å². The molecule has 0 aliphatic carbocycles. The van der Waals surface area contributed by atoms with Crippen molar-refractivity contribution < 1.29 is 18.7 Å². The molecule has 0 heterocycles. The first kappa shape index (κ1) is 13.4. The number of carbonyl (C=O) groups excluding carboxylic acids is 2. The SMILES string of the molecule is CCOC(=O)C(Cc1ccccc1F)C(C)=O. The van der Waals surface area contributed by atoms with Gasteiger partial charge in [-0.05, 0) is 31.9 Å². The van der Waals surface area contributed by atoms with Crippen LogP contribution in [0.3, 0.4) is 0 Å². The van der Waals surface area contributed by atoms with Crippen molar-refractivity contribution in [2.45, 2.75) is 20.3 Å². The van der Waals surface area contributed by atoms with Gasteiger partial charge >= 0.3 is 5.97 Å². The zero-order valence-corrected chi connectivity index (χ0v) is 9.90. The fourth-order valence-corrected chi connectivity index (χ4v) is 1.52. The number of ketones is 1. The highest BCUT2D eigenvalue weighted by molar-refractivity contribution is 5.98. The zero-order chi connectivity index (χ0) is 12.8. The highest BCUT2D eigenvalue weighted by Gasteiger charge is 2.25. The molecule has 1 aromatic rings. The zero-order valence-electron chi connectivity index (χ0n) is 9.90. The number of rotatable bonds is 5. The second kappa shape index (κ2) is 6.13. The van der Waals surface area contributed by atoms with E-state index >= 15 is 0 Å². The Morgan fingerprint density at radius 1 is 1.35 bits per heavy atom. The van der Waals surface area contributed by atoms with Crippen LogP contribution in [0.2, 0.25) is 0 Å². The number of ether oxygens (including phenoxy) is 1. The molecule has 0 aliphatic rings. The number of benzene rings is 1. The van der Waals surface area contributed by atoms with Gasteiger partial charge in [0.25, 0.3) is 0 Å². The minimum absolute atomic E-state index is 0.0425. The van der Waals surface area contributed by atoms with E-state index in [1.165, 1.54) is 13.0 Å². The summed E-state index contributed by atoms with van der Waals surface area (Å²) in [6.45, 7) is 3.18. The van der Waals surface area contributed by atoms with E-state index in [0.717, 1.165) is 0 Å². The third-order valence-electron chi connectivity index (χ3n) is 2.44. The molecule has 0 aromatic heterocycles. The molecular weight excluding hydrogens is 223 g/mol. The van der Waals surface area contributed by atoms with Crippen LogP contribution in [0.4, 0.5) is 4.39 Å². The molecule has 0 aliphatic heterocycles. The Balaban J connectivity index is 2.84. The van der Waals surface area contributed by atoms with E-state index in [-0.39, 0.29) is 18.8 Å². The molecule has 0 saturated carbocycles. The van der Waals surface area contributed by atoms with E-state index in [1.807, 2.05) is 0 Å². The van der Waals surface area contributed by atoms with Crippen LogP contribution >= 0.6 is 0 Å². The minimum Gasteiger partial charge on any atom is -0.465 e. The summed E-state index contributed by atoms with van der Waals surface area (Å²) in [5.41, 5.74) is 0.348. The second-order valence-corrected chi connectivity index (χ2v) is 3.71. The van der Waals surface area contributed by atoms with Gasteiger partial charge in [-0.1, -0.05) is 18.2 Å². The Labute approximate surface area is 99.6 Å². The molecule has 0 N–H and O–H groups in total. The van der Waals surface area contributed by atoms with Gasteiger partial charge < -0.3 is 4.74 Å². The smallest absolute Gasteiger partial charge is 0.316 e. The first-order valence-electron chi connectivity index (χ1n) is 5.46. The fraction of sp³-hybridized carbons (Fsp3) is 0.385. The Morgan fingerprint density at radius 3 is 2.53 bits per heavy atom. The minimum atomic E-state index is -0.924. The van der Waals surface area contributed by atoms with Crippen molar-refractivity contribution in [2.75, 3.05) is 6.61 Å². The molecule has 0 amide bonds. The van der Waals surface area contributed by atoms with Crippen molar-refractivity contribution in [3.63, 3.8) is 0 Å². The molecule has 0 spiro atoms. The molecular formula is C13H15FO3. The van der Waals surface area contributed by atoms with Gasteiger partial charge in [0.15, 0.2) is 0 Å². The summed E-state index contributed by atoms with van der Waals surface area (Å²) < 4.78 is 18.2. The number of hydrogen-bond acceptors (Lipinski definition) is 3. The number of carbonyl (C=O) groups is 2. The molecule has 0 radical (unpaired) electrons. The summed E-state index contributed by atoms with van der Waals surface area (Å²) in [5, 5.41) is 0. The van der Waals surface area contributed by atoms with Crippen LogP contribution in [-0.4, -0.2) is 18.4 Å². The van der Waals surface area contributed by atoms with Gasteiger partial charge in [-0.25, -0.2) is 4.39 Å². The van der Waals surface area contributed by atoms with Crippen LogP contribution in [0.5, 0.6) is 0 Å². The summed E-state index contributed by atoms with van der Waals surface area (Å²) in [5.74, 6) is -2.25. The van der Waals surface area contributed by atoms with Gasteiger partial charge in [0.1, 0.15) is 17.5 Å². The van der Waals surface area contributed by atoms with Crippen molar-refractivity contribution in [3.05, 3.63) is 35.6 Å². The maximum absolute atomic E-state index is 13.4. The predicted molar refractivity (Wildman–Crippen MR) is 60.9 cm³/mol. The first-order chi connectivity index (χ1) is 8.06. The van der Waals surface area contributed by atoms with Crippen molar-refractivity contribution in [2.24, 2.45) is 5.92 Å². The average molecular weight is 238 g/mol. The first-order valence-corrected chi connectivity index (χ1v) is 5.46. The molecule has 3 nitrogen and oxygen atoms in total. The lowest BCUT2D eigenvalue weighted by atomic mass is 9.96. The lowest BCUT2D eigenvalue weighted by Crippen LogP contribution is -2.26. The Morgan fingerprint density at radius 2 is 2.00 bits per heavy atom. The second-order valence-electron chi connectivity index (χ2n) is 3.71. The Bertz CT molecular complexity index is 415. The van der Waals surface area contributed by atoms with Gasteiger partial charge in [-0.15, -0.1) is 0 Å². The third-order valence-corrected chi connectivity index (χ3v) is 2.44. The van der Waals surface area contributed by atoms with Crippen LogP contribution < -0.4 is 0 Å². The van der Waals surface area contributed by atoms with E-state index in [1.54, 1.807) is 25.1 Å². The summed E-state index contributed by atoms with van der Waals surface area (Å²) in [6, 6.07) is 6.09. The summed E-state index contributed by atoms with van der Waals surface area (Å²) in [7, 11) is 0. The molecule has 92 valence electrons. The highest BCUT2D eigenvalue weighted by atomic mass is 19.1. The van der Waals surface area contributed by atoms with Crippen LogP contribution in [0.25, 0.3) is 0 Å². The highest BCUT2D eigenvalue weighted by Crippen LogP contribution is 2.15. The van der Waals surface area contributed by atoms with Crippen LogP contribution in [0.15, 0.2) is 24.3 Å². The largest absolute Gasteiger partial charge is 0.465 e. The van der Waals surface area contributed by atoms with E-state index in [4.69, 9.17) is 4.74 Å².